The number of rotatable bonds is 5. The Hall–Kier alpha value is -2.37. The van der Waals surface area contributed by atoms with Gasteiger partial charge in [0, 0.05) is 44.8 Å². The van der Waals surface area contributed by atoms with E-state index in [4.69, 9.17) is 0 Å². The number of carbonyl (C=O) groups is 1. The molecule has 0 aromatic carbocycles. The summed E-state index contributed by atoms with van der Waals surface area (Å²) in [4.78, 5) is 26.3. The lowest BCUT2D eigenvalue weighted by Gasteiger charge is -2.37. The Labute approximate surface area is 149 Å². The highest BCUT2D eigenvalue weighted by Gasteiger charge is 2.28. The lowest BCUT2D eigenvalue weighted by molar-refractivity contribution is -0.135. The maximum absolute atomic E-state index is 13.0. The van der Waals surface area contributed by atoms with Gasteiger partial charge in [-0.05, 0) is 32.4 Å². The molecule has 2 aromatic heterocycles. The topological polar surface area (TPSA) is 54.3 Å². The normalized spacial score (nSPS) is 16.1. The number of aryl methyl sites for hydroxylation is 2. The summed E-state index contributed by atoms with van der Waals surface area (Å²) in [6.07, 6.45) is 7.63. The third-order valence-electron chi connectivity index (χ3n) is 4.78. The average molecular weight is 341 g/mol. The maximum Gasteiger partial charge on any atom is 0.245 e. The van der Waals surface area contributed by atoms with Gasteiger partial charge in [-0.2, -0.15) is 0 Å². The van der Waals surface area contributed by atoms with Crippen molar-refractivity contribution in [1.29, 1.82) is 0 Å². The molecular formula is C19H27N5O. The van der Waals surface area contributed by atoms with Crippen LogP contribution in [0.15, 0.2) is 30.7 Å². The van der Waals surface area contributed by atoms with Crippen LogP contribution in [0.4, 0.5) is 5.82 Å². The van der Waals surface area contributed by atoms with Crippen LogP contribution in [0.5, 0.6) is 0 Å². The summed E-state index contributed by atoms with van der Waals surface area (Å²) in [6.45, 7) is 9.14. The van der Waals surface area contributed by atoms with E-state index in [1.54, 1.807) is 6.20 Å². The van der Waals surface area contributed by atoms with Crippen LogP contribution in [0.3, 0.4) is 0 Å². The SMILES string of the molecule is CCCC(C(=O)N1CCN(c2nc(C)cnc2C)CC1)n1cccc1. The van der Waals surface area contributed by atoms with Crippen LogP contribution in [-0.4, -0.2) is 51.5 Å². The standard InChI is InChI=1S/C19H27N5O/c1-4-7-17(22-8-5-6-9-22)19(25)24-12-10-23(11-13-24)18-16(3)20-14-15(2)21-18/h5-6,8-9,14,17H,4,7,10-13H2,1-3H3. The number of piperazine rings is 1. The molecule has 0 saturated carbocycles. The van der Waals surface area contributed by atoms with Gasteiger partial charge in [0.2, 0.25) is 5.91 Å². The minimum absolute atomic E-state index is 0.0907. The summed E-state index contributed by atoms with van der Waals surface area (Å²) in [6, 6.07) is 3.87. The maximum atomic E-state index is 13.0. The van der Waals surface area contributed by atoms with E-state index in [0.29, 0.717) is 0 Å². The van der Waals surface area contributed by atoms with Crippen LogP contribution in [0.1, 0.15) is 37.2 Å². The highest BCUT2D eigenvalue weighted by Crippen LogP contribution is 2.21. The van der Waals surface area contributed by atoms with Gasteiger partial charge in [-0.25, -0.2) is 4.98 Å². The Balaban J connectivity index is 1.67. The average Bonchev–Trinajstić information content (AvgIpc) is 3.15. The quantitative estimate of drug-likeness (QED) is 0.839. The number of hydrogen-bond donors (Lipinski definition) is 0. The van der Waals surface area contributed by atoms with Crippen molar-refractivity contribution in [3.8, 4) is 0 Å². The molecule has 1 amide bonds. The van der Waals surface area contributed by atoms with Crippen molar-refractivity contribution in [3.63, 3.8) is 0 Å². The van der Waals surface area contributed by atoms with Gasteiger partial charge in [0.15, 0.2) is 0 Å². The molecule has 3 heterocycles. The molecule has 25 heavy (non-hydrogen) atoms. The molecule has 0 N–H and O–H groups in total. The summed E-state index contributed by atoms with van der Waals surface area (Å²) >= 11 is 0. The van der Waals surface area contributed by atoms with Crippen LogP contribution in [0, 0.1) is 13.8 Å². The molecule has 0 bridgehead atoms. The molecule has 6 nitrogen and oxygen atoms in total. The summed E-state index contributed by atoms with van der Waals surface area (Å²) in [5, 5.41) is 0. The summed E-state index contributed by atoms with van der Waals surface area (Å²) in [5.74, 6) is 1.17. The molecule has 1 aliphatic rings. The molecule has 134 valence electrons. The van der Waals surface area contributed by atoms with E-state index in [1.165, 1.54) is 0 Å². The molecule has 1 saturated heterocycles. The molecule has 1 unspecified atom stereocenters. The first-order valence-electron chi connectivity index (χ1n) is 9.06. The van der Waals surface area contributed by atoms with Gasteiger partial charge in [0.25, 0.3) is 0 Å². The fraction of sp³-hybridized carbons (Fsp3) is 0.526. The van der Waals surface area contributed by atoms with Crippen molar-refractivity contribution in [3.05, 3.63) is 42.1 Å². The van der Waals surface area contributed by atoms with Gasteiger partial charge in [-0.3, -0.25) is 9.78 Å². The van der Waals surface area contributed by atoms with E-state index in [-0.39, 0.29) is 11.9 Å². The van der Waals surface area contributed by atoms with Gasteiger partial charge in [-0.15, -0.1) is 0 Å². The number of amides is 1. The third kappa shape index (κ3) is 3.83. The van der Waals surface area contributed by atoms with Crippen LogP contribution in [-0.2, 0) is 4.79 Å². The number of hydrogen-bond acceptors (Lipinski definition) is 4. The van der Waals surface area contributed by atoms with Crippen molar-refractivity contribution in [2.24, 2.45) is 0 Å². The van der Waals surface area contributed by atoms with Crippen LogP contribution >= 0.6 is 0 Å². The van der Waals surface area contributed by atoms with Gasteiger partial charge in [0.05, 0.1) is 11.4 Å². The zero-order chi connectivity index (χ0) is 17.8. The summed E-state index contributed by atoms with van der Waals surface area (Å²) < 4.78 is 2.04. The molecule has 0 radical (unpaired) electrons. The number of aromatic nitrogens is 3. The van der Waals surface area contributed by atoms with E-state index in [9.17, 15) is 4.79 Å². The van der Waals surface area contributed by atoms with E-state index >= 15 is 0 Å². The molecule has 1 aliphatic heterocycles. The lowest BCUT2D eigenvalue weighted by atomic mass is 10.1. The predicted molar refractivity (Wildman–Crippen MR) is 98.7 cm³/mol. The largest absolute Gasteiger partial charge is 0.352 e. The number of anilines is 1. The minimum atomic E-state index is -0.0907. The van der Waals surface area contributed by atoms with E-state index in [0.717, 1.165) is 56.2 Å². The highest BCUT2D eigenvalue weighted by molar-refractivity contribution is 5.80. The Kier molecular flexibility index (Phi) is 5.36. The Bertz CT molecular complexity index is 705. The van der Waals surface area contributed by atoms with Gasteiger partial charge < -0.3 is 14.4 Å². The molecule has 2 aromatic rings. The van der Waals surface area contributed by atoms with Crippen molar-refractivity contribution in [2.75, 3.05) is 31.1 Å². The first-order chi connectivity index (χ1) is 12.1. The van der Waals surface area contributed by atoms with Crippen molar-refractivity contribution in [1.82, 2.24) is 19.4 Å². The van der Waals surface area contributed by atoms with E-state index in [1.807, 2.05) is 47.8 Å². The first-order valence-corrected chi connectivity index (χ1v) is 9.06. The lowest BCUT2D eigenvalue weighted by Crippen LogP contribution is -2.51. The van der Waals surface area contributed by atoms with Crippen molar-refractivity contribution in [2.45, 2.75) is 39.7 Å². The van der Waals surface area contributed by atoms with E-state index in [2.05, 4.69) is 21.8 Å². The smallest absolute Gasteiger partial charge is 0.245 e. The summed E-state index contributed by atoms with van der Waals surface area (Å²) in [5.41, 5.74) is 1.87. The number of carbonyl (C=O) groups excluding carboxylic acids is 1. The Morgan fingerprint density at radius 1 is 1.16 bits per heavy atom. The second-order valence-electron chi connectivity index (χ2n) is 6.67. The fourth-order valence-electron chi connectivity index (χ4n) is 3.40. The Morgan fingerprint density at radius 2 is 1.84 bits per heavy atom. The Morgan fingerprint density at radius 3 is 2.48 bits per heavy atom. The predicted octanol–water partition coefficient (Wildman–Crippen LogP) is 2.58. The van der Waals surface area contributed by atoms with Gasteiger partial charge >= 0.3 is 0 Å². The first kappa shape index (κ1) is 17.5. The fourth-order valence-corrected chi connectivity index (χ4v) is 3.40. The molecule has 6 heteroatoms. The van der Waals surface area contributed by atoms with Crippen LogP contribution < -0.4 is 4.90 Å². The van der Waals surface area contributed by atoms with Crippen molar-refractivity contribution >= 4 is 11.7 Å². The zero-order valence-electron chi connectivity index (χ0n) is 15.4. The highest BCUT2D eigenvalue weighted by atomic mass is 16.2. The molecule has 1 atom stereocenters. The monoisotopic (exact) mass is 341 g/mol. The van der Waals surface area contributed by atoms with E-state index < -0.39 is 0 Å². The third-order valence-corrected chi connectivity index (χ3v) is 4.78. The molecule has 0 aliphatic carbocycles. The second-order valence-corrected chi connectivity index (χ2v) is 6.67. The van der Waals surface area contributed by atoms with Crippen molar-refractivity contribution < 1.29 is 4.79 Å². The zero-order valence-corrected chi connectivity index (χ0v) is 15.4. The van der Waals surface area contributed by atoms with Crippen LogP contribution in [0.25, 0.3) is 0 Å². The second kappa shape index (κ2) is 7.68. The molecule has 3 rings (SSSR count). The molecular weight excluding hydrogens is 314 g/mol. The molecule has 0 spiro atoms. The van der Waals surface area contributed by atoms with Gasteiger partial charge in [-0.1, -0.05) is 13.3 Å². The van der Waals surface area contributed by atoms with Gasteiger partial charge in [0.1, 0.15) is 11.9 Å². The number of nitrogens with zero attached hydrogens (tertiary/aromatic N) is 5. The molecule has 1 fully saturated rings. The van der Waals surface area contributed by atoms with Crippen LogP contribution in [0.2, 0.25) is 0 Å². The summed E-state index contributed by atoms with van der Waals surface area (Å²) in [7, 11) is 0. The minimum Gasteiger partial charge on any atom is -0.352 e.